The summed E-state index contributed by atoms with van der Waals surface area (Å²) < 4.78 is 1.95. The monoisotopic (exact) mass is 291 g/mol. The first-order chi connectivity index (χ1) is 10.1. The van der Waals surface area contributed by atoms with Gasteiger partial charge in [0.25, 0.3) is 0 Å². The summed E-state index contributed by atoms with van der Waals surface area (Å²) in [7, 11) is 3.69. The van der Waals surface area contributed by atoms with E-state index in [0.717, 1.165) is 12.4 Å². The Morgan fingerprint density at radius 1 is 1.43 bits per heavy atom. The van der Waals surface area contributed by atoms with Crippen LogP contribution in [0.25, 0.3) is 0 Å². The van der Waals surface area contributed by atoms with E-state index in [1.807, 2.05) is 22.7 Å². The van der Waals surface area contributed by atoms with Gasteiger partial charge in [0, 0.05) is 59.1 Å². The minimum atomic E-state index is -0.219. The fourth-order valence-corrected chi connectivity index (χ4v) is 3.16. The van der Waals surface area contributed by atoms with Gasteiger partial charge in [-0.3, -0.25) is 9.59 Å². The molecule has 0 aromatic carbocycles. The van der Waals surface area contributed by atoms with E-state index in [1.54, 1.807) is 18.1 Å². The first-order valence-electron chi connectivity index (χ1n) is 7.30. The van der Waals surface area contributed by atoms with Crippen LogP contribution in [-0.2, 0) is 16.6 Å². The predicted octanol–water partition coefficient (Wildman–Crippen LogP) is -0.629. The molecule has 2 fully saturated rings. The molecular formula is C14H21N5O2. The van der Waals surface area contributed by atoms with Crippen LogP contribution in [-0.4, -0.2) is 64.4 Å². The molecule has 3 heterocycles. The lowest BCUT2D eigenvalue weighted by atomic mass is 10.0. The summed E-state index contributed by atoms with van der Waals surface area (Å²) in [4.78, 5) is 32.4. The third-order valence-electron chi connectivity index (χ3n) is 4.37. The molecule has 0 aliphatic carbocycles. The van der Waals surface area contributed by atoms with E-state index in [0.29, 0.717) is 26.1 Å². The van der Waals surface area contributed by atoms with Crippen molar-refractivity contribution in [3.05, 3.63) is 18.2 Å². The maximum absolute atomic E-state index is 12.8. The number of carbonyl (C=O) groups is 2. The van der Waals surface area contributed by atoms with Crippen LogP contribution in [0.3, 0.4) is 0 Å². The summed E-state index contributed by atoms with van der Waals surface area (Å²) in [5.41, 5.74) is 0. The van der Waals surface area contributed by atoms with Crippen LogP contribution in [0.5, 0.6) is 0 Å². The summed E-state index contributed by atoms with van der Waals surface area (Å²) in [6.07, 6.45) is 3.96. The van der Waals surface area contributed by atoms with Gasteiger partial charge in [-0.25, -0.2) is 4.98 Å². The molecule has 2 aliphatic heterocycles. The molecule has 0 bridgehead atoms. The molecule has 2 unspecified atom stereocenters. The largest absolute Gasteiger partial charge is 0.345 e. The zero-order chi connectivity index (χ0) is 15.0. The van der Waals surface area contributed by atoms with Crippen LogP contribution in [0.1, 0.15) is 18.3 Å². The molecule has 0 saturated carbocycles. The van der Waals surface area contributed by atoms with Gasteiger partial charge in [-0.05, 0) is 0 Å². The lowest BCUT2D eigenvalue weighted by molar-refractivity contribution is -0.139. The Morgan fingerprint density at radius 3 is 2.86 bits per heavy atom. The van der Waals surface area contributed by atoms with Crippen LogP contribution in [0, 0.1) is 5.92 Å². The summed E-state index contributed by atoms with van der Waals surface area (Å²) in [6.45, 7) is 2.66. The number of amides is 2. The fraction of sp³-hybridized carbons (Fsp3) is 0.643. The van der Waals surface area contributed by atoms with E-state index >= 15 is 0 Å². The van der Waals surface area contributed by atoms with Crippen molar-refractivity contribution in [2.75, 3.05) is 33.2 Å². The Morgan fingerprint density at radius 2 is 2.24 bits per heavy atom. The molecule has 7 heteroatoms. The van der Waals surface area contributed by atoms with Crippen LogP contribution < -0.4 is 5.32 Å². The Labute approximate surface area is 123 Å². The number of nitrogens with zero attached hydrogens (tertiary/aromatic N) is 4. The molecule has 0 spiro atoms. The molecule has 2 saturated heterocycles. The topological polar surface area (TPSA) is 70.5 Å². The van der Waals surface area contributed by atoms with Crippen molar-refractivity contribution in [3.8, 4) is 0 Å². The highest BCUT2D eigenvalue weighted by Crippen LogP contribution is 2.26. The van der Waals surface area contributed by atoms with Gasteiger partial charge in [0.15, 0.2) is 0 Å². The number of aryl methyl sites for hydroxylation is 1. The van der Waals surface area contributed by atoms with Crippen LogP contribution in [0.4, 0.5) is 0 Å². The molecule has 1 N–H and O–H groups in total. The van der Waals surface area contributed by atoms with Crippen molar-refractivity contribution in [2.45, 2.75) is 12.5 Å². The second kappa shape index (κ2) is 5.48. The van der Waals surface area contributed by atoms with Gasteiger partial charge in [0.05, 0.1) is 5.92 Å². The number of hydrogen-bond donors (Lipinski definition) is 1. The van der Waals surface area contributed by atoms with E-state index in [2.05, 4.69) is 10.3 Å². The highest BCUT2D eigenvalue weighted by molar-refractivity contribution is 5.89. The zero-order valence-electron chi connectivity index (χ0n) is 12.5. The predicted molar refractivity (Wildman–Crippen MR) is 76.3 cm³/mol. The number of likely N-dealkylation sites (tertiary alicyclic amines) is 1. The number of aromatic nitrogens is 2. The standard InChI is InChI=1S/C14H21N5O2/c1-17-5-4-16-13(17)11-8-15-3-6-19(11)14(21)10-7-12(20)18(2)9-10/h4-5,10-11,15H,3,6-9H2,1-2H3. The molecule has 3 rings (SSSR count). The molecule has 0 radical (unpaired) electrons. The third-order valence-corrected chi connectivity index (χ3v) is 4.37. The average molecular weight is 291 g/mol. The number of piperazine rings is 1. The first kappa shape index (κ1) is 14.1. The fourth-order valence-electron chi connectivity index (χ4n) is 3.16. The van der Waals surface area contributed by atoms with E-state index < -0.39 is 0 Å². The lowest BCUT2D eigenvalue weighted by Crippen LogP contribution is -2.51. The number of imidazole rings is 1. The molecule has 2 atom stereocenters. The molecular weight excluding hydrogens is 270 g/mol. The van der Waals surface area contributed by atoms with Crippen LogP contribution in [0.2, 0.25) is 0 Å². The van der Waals surface area contributed by atoms with E-state index in [4.69, 9.17) is 0 Å². The van der Waals surface area contributed by atoms with E-state index in [1.165, 1.54) is 0 Å². The third kappa shape index (κ3) is 2.53. The Balaban J connectivity index is 1.80. The molecule has 1 aromatic heterocycles. The second-order valence-electron chi connectivity index (χ2n) is 5.82. The number of hydrogen-bond acceptors (Lipinski definition) is 4. The minimum Gasteiger partial charge on any atom is -0.345 e. The highest BCUT2D eigenvalue weighted by atomic mass is 16.2. The van der Waals surface area contributed by atoms with Gasteiger partial charge in [-0.15, -0.1) is 0 Å². The SMILES string of the molecule is CN1CC(C(=O)N2CCNCC2c2nccn2C)CC1=O. The molecule has 21 heavy (non-hydrogen) atoms. The van der Waals surface area contributed by atoms with Crippen molar-refractivity contribution in [1.82, 2.24) is 24.7 Å². The van der Waals surface area contributed by atoms with Crippen LogP contribution in [0.15, 0.2) is 12.4 Å². The highest BCUT2D eigenvalue weighted by Gasteiger charge is 2.39. The summed E-state index contributed by atoms with van der Waals surface area (Å²) in [6, 6.07) is -0.0627. The summed E-state index contributed by atoms with van der Waals surface area (Å²) in [5.74, 6) is 0.788. The molecule has 1 aromatic rings. The van der Waals surface area contributed by atoms with Crippen molar-refractivity contribution in [2.24, 2.45) is 13.0 Å². The lowest BCUT2D eigenvalue weighted by Gasteiger charge is -2.37. The van der Waals surface area contributed by atoms with Crippen molar-refractivity contribution in [3.63, 3.8) is 0 Å². The Kier molecular flexibility index (Phi) is 3.67. The maximum Gasteiger partial charge on any atom is 0.228 e. The summed E-state index contributed by atoms with van der Waals surface area (Å²) >= 11 is 0. The van der Waals surface area contributed by atoms with Crippen molar-refractivity contribution in [1.29, 1.82) is 0 Å². The molecule has 114 valence electrons. The van der Waals surface area contributed by atoms with Gasteiger partial charge in [-0.1, -0.05) is 0 Å². The Hall–Kier alpha value is -1.89. The Bertz CT molecular complexity index is 555. The van der Waals surface area contributed by atoms with Gasteiger partial charge in [-0.2, -0.15) is 0 Å². The maximum atomic E-state index is 12.8. The van der Waals surface area contributed by atoms with Crippen LogP contribution >= 0.6 is 0 Å². The number of rotatable bonds is 2. The molecule has 2 aliphatic rings. The smallest absolute Gasteiger partial charge is 0.228 e. The molecule has 2 amide bonds. The normalized spacial score (nSPS) is 26.5. The second-order valence-corrected chi connectivity index (χ2v) is 5.82. The van der Waals surface area contributed by atoms with Gasteiger partial charge in [0.2, 0.25) is 11.8 Å². The minimum absolute atomic E-state index is 0.0528. The van der Waals surface area contributed by atoms with Gasteiger partial charge < -0.3 is 19.7 Å². The molecule has 7 nitrogen and oxygen atoms in total. The summed E-state index contributed by atoms with van der Waals surface area (Å²) in [5, 5.41) is 3.32. The van der Waals surface area contributed by atoms with Crippen molar-refractivity contribution >= 4 is 11.8 Å². The van der Waals surface area contributed by atoms with E-state index in [-0.39, 0.29) is 23.8 Å². The van der Waals surface area contributed by atoms with Gasteiger partial charge >= 0.3 is 0 Å². The average Bonchev–Trinajstić information content (AvgIpc) is 3.05. The van der Waals surface area contributed by atoms with Gasteiger partial charge in [0.1, 0.15) is 11.9 Å². The zero-order valence-corrected chi connectivity index (χ0v) is 12.5. The quantitative estimate of drug-likeness (QED) is 0.788. The van der Waals surface area contributed by atoms with E-state index in [9.17, 15) is 9.59 Å². The first-order valence-corrected chi connectivity index (χ1v) is 7.30. The van der Waals surface area contributed by atoms with Crippen molar-refractivity contribution < 1.29 is 9.59 Å². The number of carbonyl (C=O) groups excluding carboxylic acids is 2. The number of nitrogens with one attached hydrogen (secondary N) is 1.